The molecule has 11 heavy (non-hydrogen) atoms. The molecule has 1 heterocycles. The maximum atomic E-state index is 5.66. The van der Waals surface area contributed by atoms with E-state index in [4.69, 9.17) is 10.5 Å². The van der Waals surface area contributed by atoms with Gasteiger partial charge in [-0.05, 0) is 0 Å². The van der Waals surface area contributed by atoms with Crippen LogP contribution in [0.5, 0.6) is 0 Å². The molecule has 5 heteroatoms. The first kappa shape index (κ1) is 8.16. The molecule has 0 saturated carbocycles. The maximum Gasteiger partial charge on any atom is 0.137 e. The van der Waals surface area contributed by atoms with Gasteiger partial charge in [0.05, 0.1) is 13.2 Å². The Kier molecular flexibility index (Phi) is 3.00. The SMILES string of the molecule is COCC(N)Cn1cncn1. The van der Waals surface area contributed by atoms with Crippen LogP contribution in [0.25, 0.3) is 0 Å². The van der Waals surface area contributed by atoms with E-state index in [1.54, 1.807) is 18.1 Å². The standard InChI is InChI=1S/C6H12N4O/c1-11-3-6(7)2-10-5-8-4-9-10/h4-6H,2-3,7H2,1H3. The smallest absolute Gasteiger partial charge is 0.137 e. The molecule has 5 nitrogen and oxygen atoms in total. The second-order valence-corrected chi connectivity index (χ2v) is 2.33. The number of nitrogens with two attached hydrogens (primary N) is 1. The van der Waals surface area contributed by atoms with Gasteiger partial charge in [-0.15, -0.1) is 0 Å². The Bertz CT molecular complexity index is 186. The van der Waals surface area contributed by atoms with Crippen molar-refractivity contribution in [2.24, 2.45) is 5.73 Å². The molecule has 0 radical (unpaired) electrons. The zero-order chi connectivity index (χ0) is 8.10. The fraction of sp³-hybridized carbons (Fsp3) is 0.667. The van der Waals surface area contributed by atoms with Crippen molar-refractivity contribution in [2.75, 3.05) is 13.7 Å². The molecule has 1 aromatic heterocycles. The fourth-order valence-electron chi connectivity index (χ4n) is 0.834. The van der Waals surface area contributed by atoms with Crippen molar-refractivity contribution in [1.29, 1.82) is 0 Å². The van der Waals surface area contributed by atoms with Crippen LogP contribution in [0.15, 0.2) is 12.7 Å². The number of nitrogens with zero attached hydrogens (tertiary/aromatic N) is 3. The fourth-order valence-corrected chi connectivity index (χ4v) is 0.834. The van der Waals surface area contributed by atoms with Crippen LogP contribution in [0.1, 0.15) is 0 Å². The normalized spacial score (nSPS) is 13.3. The molecule has 0 aliphatic rings. The van der Waals surface area contributed by atoms with Crippen LogP contribution in [0.3, 0.4) is 0 Å². The minimum absolute atomic E-state index is 0.0123. The van der Waals surface area contributed by atoms with Gasteiger partial charge in [0.25, 0.3) is 0 Å². The van der Waals surface area contributed by atoms with E-state index in [0.717, 1.165) is 0 Å². The van der Waals surface area contributed by atoms with Gasteiger partial charge in [0.15, 0.2) is 0 Å². The lowest BCUT2D eigenvalue weighted by atomic mass is 10.3. The molecule has 62 valence electrons. The van der Waals surface area contributed by atoms with Crippen LogP contribution in [-0.2, 0) is 11.3 Å². The highest BCUT2D eigenvalue weighted by Gasteiger charge is 2.01. The Labute approximate surface area is 65.2 Å². The molecule has 0 aliphatic heterocycles. The monoisotopic (exact) mass is 156 g/mol. The first-order chi connectivity index (χ1) is 5.33. The minimum atomic E-state index is -0.0123. The van der Waals surface area contributed by atoms with Crippen LogP contribution in [0.2, 0.25) is 0 Å². The van der Waals surface area contributed by atoms with E-state index in [0.29, 0.717) is 13.2 Å². The molecule has 0 fully saturated rings. The van der Waals surface area contributed by atoms with Gasteiger partial charge in [-0.3, -0.25) is 4.68 Å². The summed E-state index contributed by atoms with van der Waals surface area (Å²) in [7, 11) is 1.63. The van der Waals surface area contributed by atoms with Crippen LogP contribution in [0, 0.1) is 0 Å². The lowest BCUT2D eigenvalue weighted by Crippen LogP contribution is -2.30. The summed E-state index contributed by atoms with van der Waals surface area (Å²) < 4.78 is 6.55. The highest BCUT2D eigenvalue weighted by molar-refractivity contribution is 4.63. The third-order valence-corrected chi connectivity index (χ3v) is 1.27. The van der Waals surface area contributed by atoms with E-state index in [1.807, 2.05) is 0 Å². The lowest BCUT2D eigenvalue weighted by molar-refractivity contribution is 0.172. The van der Waals surface area contributed by atoms with Crippen molar-refractivity contribution in [3.63, 3.8) is 0 Å². The van der Waals surface area contributed by atoms with Gasteiger partial charge in [-0.2, -0.15) is 5.10 Å². The molecule has 1 atom stereocenters. The summed E-state index contributed by atoms with van der Waals surface area (Å²) in [5, 5.41) is 3.91. The van der Waals surface area contributed by atoms with Crippen molar-refractivity contribution in [3.05, 3.63) is 12.7 Å². The summed E-state index contributed by atoms with van der Waals surface area (Å²) in [5.74, 6) is 0. The summed E-state index contributed by atoms with van der Waals surface area (Å²) in [6.45, 7) is 1.19. The molecule has 0 aromatic carbocycles. The predicted octanol–water partition coefficient (Wildman–Crippen LogP) is -0.748. The average Bonchev–Trinajstić information content (AvgIpc) is 2.40. The minimum Gasteiger partial charge on any atom is -0.383 e. The van der Waals surface area contributed by atoms with Gasteiger partial charge in [0, 0.05) is 13.2 Å². The van der Waals surface area contributed by atoms with Crippen LogP contribution in [0.4, 0.5) is 0 Å². The molecule has 1 rings (SSSR count). The predicted molar refractivity (Wildman–Crippen MR) is 39.9 cm³/mol. The maximum absolute atomic E-state index is 5.66. The second-order valence-electron chi connectivity index (χ2n) is 2.33. The zero-order valence-corrected chi connectivity index (χ0v) is 6.47. The van der Waals surface area contributed by atoms with Gasteiger partial charge in [0.1, 0.15) is 12.7 Å². The summed E-state index contributed by atoms with van der Waals surface area (Å²) in [6, 6.07) is -0.0123. The van der Waals surface area contributed by atoms with Gasteiger partial charge in [0.2, 0.25) is 0 Å². The van der Waals surface area contributed by atoms with Crippen molar-refractivity contribution in [1.82, 2.24) is 14.8 Å². The number of rotatable bonds is 4. The quantitative estimate of drug-likeness (QED) is 0.623. The molecule has 2 N–H and O–H groups in total. The third kappa shape index (κ3) is 2.65. The largest absolute Gasteiger partial charge is 0.383 e. The van der Waals surface area contributed by atoms with E-state index < -0.39 is 0 Å². The molecular formula is C6H12N4O. The van der Waals surface area contributed by atoms with Crippen LogP contribution in [-0.4, -0.2) is 34.5 Å². The number of hydrogen-bond donors (Lipinski definition) is 1. The number of methoxy groups -OCH3 is 1. The topological polar surface area (TPSA) is 66.0 Å². The van der Waals surface area contributed by atoms with Crippen LogP contribution >= 0.6 is 0 Å². The Balaban J connectivity index is 2.31. The van der Waals surface area contributed by atoms with E-state index in [1.165, 1.54) is 6.33 Å². The van der Waals surface area contributed by atoms with Crippen molar-refractivity contribution < 1.29 is 4.74 Å². The average molecular weight is 156 g/mol. The highest BCUT2D eigenvalue weighted by Crippen LogP contribution is 1.86. The van der Waals surface area contributed by atoms with Crippen molar-refractivity contribution in [2.45, 2.75) is 12.6 Å². The summed E-state index contributed by atoms with van der Waals surface area (Å²) in [4.78, 5) is 3.79. The van der Waals surface area contributed by atoms with E-state index in [2.05, 4.69) is 10.1 Å². The van der Waals surface area contributed by atoms with Crippen LogP contribution < -0.4 is 5.73 Å². The molecule has 1 aromatic rings. The molecule has 0 amide bonds. The van der Waals surface area contributed by atoms with Crippen molar-refractivity contribution in [3.8, 4) is 0 Å². The number of hydrogen-bond acceptors (Lipinski definition) is 4. The Hall–Kier alpha value is -0.940. The number of aromatic nitrogens is 3. The zero-order valence-electron chi connectivity index (χ0n) is 6.47. The van der Waals surface area contributed by atoms with Gasteiger partial charge in [-0.25, -0.2) is 4.98 Å². The molecule has 0 aliphatic carbocycles. The molecule has 0 saturated heterocycles. The summed E-state index contributed by atoms with van der Waals surface area (Å²) in [5.41, 5.74) is 5.66. The molecule has 0 spiro atoms. The Morgan fingerprint density at radius 1 is 1.73 bits per heavy atom. The first-order valence-electron chi connectivity index (χ1n) is 3.40. The van der Waals surface area contributed by atoms with E-state index in [9.17, 15) is 0 Å². The molecular weight excluding hydrogens is 144 g/mol. The molecule has 0 bridgehead atoms. The van der Waals surface area contributed by atoms with Crippen molar-refractivity contribution >= 4 is 0 Å². The Morgan fingerprint density at radius 2 is 2.55 bits per heavy atom. The molecule has 1 unspecified atom stereocenters. The van der Waals surface area contributed by atoms with Gasteiger partial charge in [-0.1, -0.05) is 0 Å². The highest BCUT2D eigenvalue weighted by atomic mass is 16.5. The van der Waals surface area contributed by atoms with Gasteiger partial charge >= 0.3 is 0 Å². The summed E-state index contributed by atoms with van der Waals surface area (Å²) >= 11 is 0. The third-order valence-electron chi connectivity index (χ3n) is 1.27. The van der Waals surface area contributed by atoms with Gasteiger partial charge < -0.3 is 10.5 Å². The Morgan fingerprint density at radius 3 is 3.09 bits per heavy atom. The second kappa shape index (κ2) is 4.05. The van der Waals surface area contributed by atoms with E-state index >= 15 is 0 Å². The van der Waals surface area contributed by atoms with E-state index in [-0.39, 0.29) is 6.04 Å². The summed E-state index contributed by atoms with van der Waals surface area (Å²) in [6.07, 6.45) is 3.12. The first-order valence-corrected chi connectivity index (χ1v) is 3.40. The number of ether oxygens (including phenoxy) is 1. The lowest BCUT2D eigenvalue weighted by Gasteiger charge is -2.08.